The van der Waals surface area contributed by atoms with Crippen molar-refractivity contribution in [3.05, 3.63) is 29.8 Å². The van der Waals surface area contributed by atoms with E-state index in [9.17, 15) is 4.79 Å². The van der Waals surface area contributed by atoms with E-state index in [0.717, 1.165) is 6.55 Å². The fourth-order valence-electron chi connectivity index (χ4n) is 0.654. The summed E-state index contributed by atoms with van der Waals surface area (Å²) in [5.74, 6) is -1.31. The number of para-hydroxylation sites is 1. The van der Waals surface area contributed by atoms with Crippen LogP contribution in [0.15, 0.2) is 24.3 Å². The van der Waals surface area contributed by atoms with E-state index >= 15 is 0 Å². The zero-order chi connectivity index (χ0) is 12.1. The molecule has 8 heteroatoms. The molecule has 0 saturated carbocycles. The summed E-state index contributed by atoms with van der Waals surface area (Å²) in [5.41, 5.74) is -0.0671. The molecule has 0 heterocycles. The van der Waals surface area contributed by atoms with Gasteiger partial charge in [0, 0.05) is 6.55 Å². The average molecular weight is 271 g/mol. The van der Waals surface area contributed by atoms with Crippen molar-refractivity contribution in [3.63, 3.8) is 0 Å². The van der Waals surface area contributed by atoms with Crippen LogP contribution in [0.3, 0.4) is 0 Å². The molecular weight excluding hydrogens is 259 g/mol. The Morgan fingerprint density at radius 3 is 1.81 bits per heavy atom. The van der Waals surface area contributed by atoms with Gasteiger partial charge >= 0.3 is 66.2 Å². The summed E-state index contributed by atoms with van der Waals surface area (Å²) >= 11 is 0. The van der Waals surface area contributed by atoms with Gasteiger partial charge in [-0.25, -0.2) is 4.79 Å². The van der Waals surface area contributed by atoms with Crippen molar-refractivity contribution in [1.29, 1.82) is 0 Å². The Morgan fingerprint density at radius 1 is 1.19 bits per heavy atom. The van der Waals surface area contributed by atoms with Crippen LogP contribution in [-0.4, -0.2) is 39.4 Å². The summed E-state index contributed by atoms with van der Waals surface area (Å²) in [6.07, 6.45) is 0. The van der Waals surface area contributed by atoms with Gasteiger partial charge < -0.3 is 24.6 Å². The first-order valence-corrected chi connectivity index (χ1v) is 6.24. The normalized spacial score (nSPS) is 9.50. The van der Waals surface area contributed by atoms with Gasteiger partial charge in [0.2, 0.25) is 0 Å². The molecule has 0 radical (unpaired) electrons. The molecule has 0 aliphatic rings. The van der Waals surface area contributed by atoms with Gasteiger partial charge in [-0.3, -0.25) is 0 Å². The fraction of sp³-hybridized carbons (Fsp3) is 0.125. The third-order valence-corrected chi connectivity index (χ3v) is 1.13. The molecule has 84 valence electrons. The average Bonchev–Trinajstić information content (AvgIpc) is 2.01. The first-order valence-electron chi connectivity index (χ1n) is 3.90. The topological polar surface area (TPSA) is 118 Å². The standard InChI is InChI=1S/C7H6O3.CH6O3Si.K/c8-6-4-2-1-3-5(6)7(9)10;1-5(2,3)4;/h1-4,8H,(H,9,10);2-4H,1H3;/q;;+1. The third kappa shape index (κ3) is 10.7. The number of aromatic hydroxyl groups is 1. The van der Waals surface area contributed by atoms with Crippen LogP contribution in [0.25, 0.3) is 0 Å². The van der Waals surface area contributed by atoms with Crippen LogP contribution >= 0.6 is 0 Å². The minimum Gasteiger partial charge on any atom is -0.507 e. The molecule has 0 unspecified atom stereocenters. The molecule has 0 fully saturated rings. The second-order valence-corrected chi connectivity index (χ2v) is 4.73. The number of carbonyl (C=O) groups is 1. The molecule has 1 aromatic rings. The van der Waals surface area contributed by atoms with Crippen molar-refractivity contribution in [1.82, 2.24) is 0 Å². The number of phenols is 1. The number of hydrogen-bond acceptors (Lipinski definition) is 5. The van der Waals surface area contributed by atoms with Gasteiger partial charge in [0.15, 0.2) is 0 Å². The second kappa shape index (κ2) is 8.33. The number of hydrogen-bond donors (Lipinski definition) is 5. The second-order valence-electron chi connectivity index (χ2n) is 2.79. The Balaban J connectivity index is 0. The van der Waals surface area contributed by atoms with E-state index < -0.39 is 14.8 Å². The summed E-state index contributed by atoms with van der Waals surface area (Å²) < 4.78 is 0. The molecule has 1 rings (SSSR count). The molecule has 16 heavy (non-hydrogen) atoms. The van der Waals surface area contributed by atoms with E-state index in [-0.39, 0.29) is 62.7 Å². The van der Waals surface area contributed by atoms with E-state index in [1.165, 1.54) is 12.1 Å². The van der Waals surface area contributed by atoms with Crippen molar-refractivity contribution in [2.45, 2.75) is 6.55 Å². The summed E-state index contributed by atoms with van der Waals surface area (Å²) in [5, 5.41) is 17.3. The van der Waals surface area contributed by atoms with Crippen LogP contribution in [0, 0.1) is 0 Å². The number of rotatable bonds is 1. The fourth-order valence-corrected chi connectivity index (χ4v) is 0.654. The maximum Gasteiger partial charge on any atom is 1.00 e. The summed E-state index contributed by atoms with van der Waals surface area (Å²) in [4.78, 5) is 33.6. The SMILES string of the molecule is C[Si](O)(O)O.O=C(O)c1ccccc1O.[K+]. The van der Waals surface area contributed by atoms with Crippen LogP contribution < -0.4 is 51.4 Å². The van der Waals surface area contributed by atoms with E-state index in [1.54, 1.807) is 12.1 Å². The van der Waals surface area contributed by atoms with Crippen molar-refractivity contribution < 1.29 is 80.8 Å². The maximum atomic E-state index is 10.3. The van der Waals surface area contributed by atoms with Crippen LogP contribution in [0.5, 0.6) is 5.75 Å². The van der Waals surface area contributed by atoms with Crippen LogP contribution in [-0.2, 0) is 0 Å². The summed E-state index contributed by atoms with van der Waals surface area (Å²) in [6.45, 7) is 0.993. The molecule has 0 spiro atoms. The van der Waals surface area contributed by atoms with Gasteiger partial charge in [0.05, 0.1) is 0 Å². The number of aromatic carboxylic acids is 1. The van der Waals surface area contributed by atoms with Crippen LogP contribution in [0.1, 0.15) is 10.4 Å². The largest absolute Gasteiger partial charge is 1.00 e. The molecule has 6 nitrogen and oxygen atoms in total. The number of carboxylic acids is 1. The van der Waals surface area contributed by atoms with E-state index in [1.807, 2.05) is 0 Å². The van der Waals surface area contributed by atoms with Crippen molar-refractivity contribution >= 4 is 14.8 Å². The molecule has 0 aliphatic carbocycles. The predicted molar refractivity (Wildman–Crippen MR) is 53.3 cm³/mol. The Morgan fingerprint density at radius 2 is 1.56 bits per heavy atom. The number of carboxylic acid groups (broad SMARTS) is 1. The van der Waals surface area contributed by atoms with Crippen molar-refractivity contribution in [2.75, 3.05) is 0 Å². The first kappa shape index (κ1) is 18.6. The Kier molecular flexibility index (Phi) is 9.68. The van der Waals surface area contributed by atoms with Gasteiger partial charge in [0.25, 0.3) is 0 Å². The Bertz CT molecular complexity index is 332. The van der Waals surface area contributed by atoms with Crippen LogP contribution in [0.4, 0.5) is 0 Å². The monoisotopic (exact) mass is 271 g/mol. The first-order chi connectivity index (χ1) is 6.72. The summed E-state index contributed by atoms with van der Waals surface area (Å²) in [6, 6.07) is 5.81. The van der Waals surface area contributed by atoms with Gasteiger partial charge in [-0.15, -0.1) is 0 Å². The molecule has 0 saturated heterocycles. The minimum absolute atomic E-state index is 0. The van der Waals surface area contributed by atoms with Gasteiger partial charge in [-0.05, 0) is 12.1 Å². The zero-order valence-electron chi connectivity index (χ0n) is 8.95. The molecular formula is C8H12KO6Si+. The van der Waals surface area contributed by atoms with Crippen molar-refractivity contribution in [3.8, 4) is 5.75 Å². The molecule has 0 aliphatic heterocycles. The quantitative estimate of drug-likeness (QED) is 0.340. The number of benzene rings is 1. The summed E-state index contributed by atoms with van der Waals surface area (Å²) in [7, 11) is -3.61. The molecule has 5 N–H and O–H groups in total. The van der Waals surface area contributed by atoms with E-state index in [0.29, 0.717) is 0 Å². The van der Waals surface area contributed by atoms with Gasteiger partial charge in [-0.1, -0.05) is 12.1 Å². The zero-order valence-corrected chi connectivity index (χ0v) is 13.1. The Hall–Kier alpha value is 0.223. The van der Waals surface area contributed by atoms with E-state index in [4.69, 9.17) is 24.6 Å². The van der Waals surface area contributed by atoms with E-state index in [2.05, 4.69) is 0 Å². The molecule has 0 atom stereocenters. The minimum atomic E-state index is -3.61. The third-order valence-electron chi connectivity index (χ3n) is 1.13. The van der Waals surface area contributed by atoms with Crippen molar-refractivity contribution in [2.24, 2.45) is 0 Å². The molecule has 0 aromatic heterocycles. The molecule has 0 bridgehead atoms. The predicted octanol–water partition coefficient (Wildman–Crippen LogP) is -3.37. The van der Waals surface area contributed by atoms with Gasteiger partial charge in [0.1, 0.15) is 11.3 Å². The smallest absolute Gasteiger partial charge is 0.507 e. The molecule has 1 aromatic carbocycles. The Labute approximate surface area is 136 Å². The maximum absolute atomic E-state index is 10.3. The van der Waals surface area contributed by atoms with Gasteiger partial charge in [-0.2, -0.15) is 0 Å². The van der Waals surface area contributed by atoms with Crippen LogP contribution in [0.2, 0.25) is 6.55 Å². The molecule has 0 amide bonds.